The van der Waals surface area contributed by atoms with E-state index in [1.807, 2.05) is 11.0 Å². The average Bonchev–Trinajstić information content (AvgIpc) is 2.76. The Kier molecular flexibility index (Phi) is 4.50. The van der Waals surface area contributed by atoms with Crippen molar-refractivity contribution in [3.63, 3.8) is 0 Å². The second-order valence-electron chi connectivity index (χ2n) is 5.14. The minimum absolute atomic E-state index is 0.0462. The predicted molar refractivity (Wildman–Crippen MR) is 72.0 cm³/mol. The zero-order chi connectivity index (χ0) is 13.8. The number of hydrogen-bond donors (Lipinski definition) is 2. The molecule has 0 aromatic heterocycles. The van der Waals surface area contributed by atoms with Crippen molar-refractivity contribution in [2.75, 3.05) is 19.6 Å². The maximum absolute atomic E-state index is 13.3. The summed E-state index contributed by atoms with van der Waals surface area (Å²) in [4.78, 5) is 13.8. The van der Waals surface area contributed by atoms with Gasteiger partial charge in [-0.2, -0.15) is 0 Å². The summed E-state index contributed by atoms with van der Waals surface area (Å²) < 4.78 is 13.3. The fourth-order valence-electron chi connectivity index (χ4n) is 2.21. The van der Waals surface area contributed by atoms with Gasteiger partial charge < -0.3 is 11.1 Å². The van der Waals surface area contributed by atoms with Gasteiger partial charge in [-0.3, -0.25) is 9.69 Å². The molecule has 0 saturated carbocycles. The highest BCUT2D eigenvalue weighted by molar-refractivity contribution is 5.78. The number of nitrogens with one attached hydrogen (secondary N) is 1. The largest absolute Gasteiger partial charge is 0.351 e. The lowest BCUT2D eigenvalue weighted by atomic mass is 10.1. The molecule has 1 saturated heterocycles. The molecule has 1 atom stereocenters. The highest BCUT2D eigenvalue weighted by Gasteiger charge is 2.20. The van der Waals surface area contributed by atoms with Gasteiger partial charge >= 0.3 is 0 Å². The molecule has 4 nitrogen and oxygen atoms in total. The topological polar surface area (TPSA) is 58.4 Å². The van der Waals surface area contributed by atoms with E-state index in [4.69, 9.17) is 5.73 Å². The molecule has 1 aliphatic heterocycles. The molecule has 0 bridgehead atoms. The Hall–Kier alpha value is -1.46. The van der Waals surface area contributed by atoms with Gasteiger partial charge in [-0.25, -0.2) is 4.39 Å². The van der Waals surface area contributed by atoms with Gasteiger partial charge in [-0.1, -0.05) is 12.1 Å². The van der Waals surface area contributed by atoms with E-state index in [0.29, 0.717) is 18.7 Å². The van der Waals surface area contributed by atoms with Crippen LogP contribution in [-0.2, 0) is 11.3 Å². The van der Waals surface area contributed by atoms with E-state index >= 15 is 0 Å². The van der Waals surface area contributed by atoms with Crippen LogP contribution in [0.15, 0.2) is 18.2 Å². The molecule has 1 aromatic rings. The number of rotatable bonds is 4. The average molecular weight is 265 g/mol. The molecule has 1 amide bonds. The first-order valence-corrected chi connectivity index (χ1v) is 6.54. The van der Waals surface area contributed by atoms with Crippen LogP contribution in [0.25, 0.3) is 0 Å². The predicted octanol–water partition coefficient (Wildman–Crippen LogP) is 0.783. The maximum atomic E-state index is 13.3. The summed E-state index contributed by atoms with van der Waals surface area (Å²) in [6, 6.07) is 5.18. The number of likely N-dealkylation sites (tertiary alicyclic amines) is 1. The van der Waals surface area contributed by atoms with Gasteiger partial charge in [0, 0.05) is 25.7 Å². The van der Waals surface area contributed by atoms with Crippen LogP contribution < -0.4 is 11.1 Å². The van der Waals surface area contributed by atoms with Crippen molar-refractivity contribution in [1.82, 2.24) is 10.2 Å². The van der Waals surface area contributed by atoms with Crippen LogP contribution >= 0.6 is 0 Å². The molecule has 5 heteroatoms. The van der Waals surface area contributed by atoms with Crippen LogP contribution in [0.2, 0.25) is 0 Å². The van der Waals surface area contributed by atoms with E-state index in [2.05, 4.69) is 5.32 Å². The number of benzene rings is 1. The molecule has 1 aliphatic rings. The Morgan fingerprint density at radius 1 is 1.58 bits per heavy atom. The molecule has 2 rings (SSSR count). The first-order valence-electron chi connectivity index (χ1n) is 6.54. The second kappa shape index (κ2) is 6.12. The van der Waals surface area contributed by atoms with Crippen LogP contribution in [-0.4, -0.2) is 36.5 Å². The Bertz CT molecular complexity index is 464. The minimum atomic E-state index is -0.239. The summed E-state index contributed by atoms with van der Waals surface area (Å²) >= 11 is 0. The summed E-state index contributed by atoms with van der Waals surface area (Å²) in [5.41, 5.74) is 7.17. The minimum Gasteiger partial charge on any atom is -0.351 e. The molecule has 0 spiro atoms. The van der Waals surface area contributed by atoms with Crippen molar-refractivity contribution in [3.8, 4) is 0 Å². The van der Waals surface area contributed by atoms with Gasteiger partial charge in [0.1, 0.15) is 5.82 Å². The molecule has 1 heterocycles. The van der Waals surface area contributed by atoms with Crippen LogP contribution in [0, 0.1) is 12.7 Å². The Morgan fingerprint density at radius 2 is 2.37 bits per heavy atom. The van der Waals surface area contributed by atoms with Crippen LogP contribution in [0.3, 0.4) is 0 Å². The van der Waals surface area contributed by atoms with Gasteiger partial charge in [0.25, 0.3) is 0 Å². The summed E-state index contributed by atoms with van der Waals surface area (Å²) in [5, 5.41) is 2.80. The highest BCUT2D eigenvalue weighted by atomic mass is 19.1. The third-order valence-corrected chi connectivity index (χ3v) is 3.40. The van der Waals surface area contributed by atoms with Crippen LogP contribution in [0.4, 0.5) is 4.39 Å². The van der Waals surface area contributed by atoms with E-state index in [0.717, 1.165) is 25.1 Å². The number of nitrogens with zero attached hydrogens (tertiary/aromatic N) is 1. The monoisotopic (exact) mass is 265 g/mol. The van der Waals surface area contributed by atoms with Crippen LogP contribution in [0.1, 0.15) is 17.5 Å². The third kappa shape index (κ3) is 4.01. The summed E-state index contributed by atoms with van der Waals surface area (Å²) in [7, 11) is 0. The molecule has 0 aliphatic carbocycles. The zero-order valence-corrected chi connectivity index (χ0v) is 11.2. The Morgan fingerprint density at radius 3 is 3.00 bits per heavy atom. The molecule has 0 unspecified atom stereocenters. The van der Waals surface area contributed by atoms with Gasteiger partial charge in [-0.15, -0.1) is 0 Å². The molecule has 0 radical (unpaired) electrons. The van der Waals surface area contributed by atoms with Crippen molar-refractivity contribution in [1.29, 1.82) is 0 Å². The second-order valence-corrected chi connectivity index (χ2v) is 5.14. The normalized spacial score (nSPS) is 19.6. The van der Waals surface area contributed by atoms with Gasteiger partial charge in [-0.05, 0) is 30.5 Å². The van der Waals surface area contributed by atoms with E-state index < -0.39 is 0 Å². The zero-order valence-electron chi connectivity index (χ0n) is 11.2. The lowest BCUT2D eigenvalue weighted by molar-refractivity contribution is -0.122. The number of hydrogen-bond acceptors (Lipinski definition) is 3. The Labute approximate surface area is 112 Å². The van der Waals surface area contributed by atoms with Crippen molar-refractivity contribution >= 4 is 5.91 Å². The van der Waals surface area contributed by atoms with Crippen molar-refractivity contribution in [3.05, 3.63) is 35.1 Å². The molecule has 1 fully saturated rings. The number of carbonyl (C=O) groups excluding carboxylic acids is 1. The lowest BCUT2D eigenvalue weighted by Crippen LogP contribution is -2.37. The molecule has 3 N–H and O–H groups in total. The van der Waals surface area contributed by atoms with Crippen molar-refractivity contribution in [2.24, 2.45) is 5.73 Å². The van der Waals surface area contributed by atoms with E-state index in [9.17, 15) is 9.18 Å². The molecular weight excluding hydrogens is 245 g/mol. The maximum Gasteiger partial charge on any atom is 0.234 e. The molecular formula is C14H20FN3O. The number of amides is 1. The van der Waals surface area contributed by atoms with Crippen molar-refractivity contribution in [2.45, 2.75) is 25.9 Å². The van der Waals surface area contributed by atoms with Crippen molar-refractivity contribution < 1.29 is 9.18 Å². The van der Waals surface area contributed by atoms with E-state index in [1.165, 1.54) is 6.07 Å². The fraction of sp³-hybridized carbons (Fsp3) is 0.500. The molecule has 1 aromatic carbocycles. The molecule has 104 valence electrons. The standard InChI is InChI=1S/C14H20FN3O/c1-10-2-3-11(6-13(10)15)7-17-14(19)9-18-5-4-12(16)8-18/h2-3,6,12H,4-5,7-9,16H2,1H3,(H,17,19)/t12-/m0/s1. The molecule has 19 heavy (non-hydrogen) atoms. The fourth-order valence-corrected chi connectivity index (χ4v) is 2.21. The summed E-state index contributed by atoms with van der Waals surface area (Å²) in [5.74, 6) is -0.285. The lowest BCUT2D eigenvalue weighted by Gasteiger charge is -2.14. The number of carbonyl (C=O) groups is 1. The Balaban J connectivity index is 1.78. The smallest absolute Gasteiger partial charge is 0.234 e. The quantitative estimate of drug-likeness (QED) is 0.846. The SMILES string of the molecule is Cc1ccc(CNC(=O)CN2CC[C@H](N)C2)cc1F. The highest BCUT2D eigenvalue weighted by Crippen LogP contribution is 2.09. The number of halogens is 1. The van der Waals surface area contributed by atoms with E-state index in [-0.39, 0.29) is 17.8 Å². The third-order valence-electron chi connectivity index (χ3n) is 3.40. The van der Waals surface area contributed by atoms with E-state index in [1.54, 1.807) is 13.0 Å². The number of nitrogens with two attached hydrogens (primary N) is 1. The van der Waals surface area contributed by atoms with Gasteiger partial charge in [0.2, 0.25) is 5.91 Å². The summed E-state index contributed by atoms with van der Waals surface area (Å²) in [6.07, 6.45) is 0.941. The van der Waals surface area contributed by atoms with Crippen LogP contribution in [0.5, 0.6) is 0 Å². The summed E-state index contributed by atoms with van der Waals surface area (Å²) in [6.45, 7) is 4.08. The first-order chi connectivity index (χ1) is 9.04. The van der Waals surface area contributed by atoms with Gasteiger partial charge in [0.05, 0.1) is 6.54 Å². The number of aryl methyl sites for hydroxylation is 1. The first kappa shape index (κ1) is 14.0. The van der Waals surface area contributed by atoms with Gasteiger partial charge in [0.15, 0.2) is 0 Å².